The molecule has 1 rings (SSSR count). The molecule has 0 N–H and O–H groups in total. The highest BCUT2D eigenvalue weighted by Crippen LogP contribution is 2.36. The van der Waals surface area contributed by atoms with Gasteiger partial charge >= 0.3 is 0 Å². The van der Waals surface area contributed by atoms with E-state index in [1.54, 1.807) is 0 Å². The lowest BCUT2D eigenvalue weighted by molar-refractivity contribution is 0.175. The third kappa shape index (κ3) is 3.32. The first-order chi connectivity index (χ1) is 6.25. The second-order valence-electron chi connectivity index (χ2n) is 5.05. The maximum atomic E-state index is 2.47. The van der Waals surface area contributed by atoms with E-state index in [4.69, 9.17) is 0 Å². The lowest BCUT2D eigenvalue weighted by Crippen LogP contribution is -2.23. The quantitative estimate of drug-likeness (QED) is 0.594. The van der Waals surface area contributed by atoms with Crippen LogP contribution in [0.15, 0.2) is 0 Å². The fourth-order valence-corrected chi connectivity index (χ4v) is 2.93. The maximum absolute atomic E-state index is 2.47. The summed E-state index contributed by atoms with van der Waals surface area (Å²) in [6.45, 7) is 7.24. The zero-order valence-corrected chi connectivity index (χ0v) is 9.68. The van der Waals surface area contributed by atoms with E-state index in [0.29, 0.717) is 0 Å². The molecule has 3 atom stereocenters. The maximum Gasteiger partial charge on any atom is -0.0363 e. The molecule has 1 aliphatic carbocycles. The van der Waals surface area contributed by atoms with Gasteiger partial charge in [-0.1, -0.05) is 59.3 Å². The van der Waals surface area contributed by atoms with E-state index in [1.807, 2.05) is 0 Å². The molecule has 0 aromatic rings. The van der Waals surface area contributed by atoms with Gasteiger partial charge < -0.3 is 0 Å². The van der Waals surface area contributed by atoms with Gasteiger partial charge in [0.25, 0.3) is 0 Å². The van der Waals surface area contributed by atoms with Crippen molar-refractivity contribution >= 4 is 0 Å². The van der Waals surface area contributed by atoms with Crippen LogP contribution in [0.3, 0.4) is 0 Å². The Morgan fingerprint density at radius 2 is 1.92 bits per heavy atom. The van der Waals surface area contributed by atoms with Gasteiger partial charge in [-0.15, -0.1) is 0 Å². The Bertz CT molecular complexity index is 128. The SMILES string of the molecule is CCCCC(C)C1CCCCC1C. The summed E-state index contributed by atoms with van der Waals surface area (Å²) in [5, 5.41) is 0. The monoisotopic (exact) mass is 182 g/mol. The van der Waals surface area contributed by atoms with Crippen LogP contribution in [-0.2, 0) is 0 Å². The fraction of sp³-hybridized carbons (Fsp3) is 1.00. The van der Waals surface area contributed by atoms with Crippen molar-refractivity contribution in [2.45, 2.75) is 65.7 Å². The second kappa shape index (κ2) is 5.67. The van der Waals surface area contributed by atoms with Gasteiger partial charge in [0.1, 0.15) is 0 Å². The van der Waals surface area contributed by atoms with Crippen molar-refractivity contribution in [3.05, 3.63) is 0 Å². The Hall–Kier alpha value is 0. The zero-order chi connectivity index (χ0) is 9.68. The minimum atomic E-state index is 0.982. The molecular weight excluding hydrogens is 156 g/mol. The van der Waals surface area contributed by atoms with Crippen molar-refractivity contribution in [1.29, 1.82) is 0 Å². The summed E-state index contributed by atoms with van der Waals surface area (Å²) in [7, 11) is 0. The summed E-state index contributed by atoms with van der Waals surface area (Å²) in [4.78, 5) is 0. The van der Waals surface area contributed by atoms with Gasteiger partial charge in [0.15, 0.2) is 0 Å². The largest absolute Gasteiger partial charge is 0.0654 e. The van der Waals surface area contributed by atoms with E-state index in [9.17, 15) is 0 Å². The Morgan fingerprint density at radius 3 is 2.54 bits per heavy atom. The highest BCUT2D eigenvalue weighted by Gasteiger charge is 2.25. The first kappa shape index (κ1) is 11.1. The lowest BCUT2D eigenvalue weighted by atomic mass is 9.72. The summed E-state index contributed by atoms with van der Waals surface area (Å²) in [5.74, 6) is 3.02. The molecular formula is C13H26. The van der Waals surface area contributed by atoms with E-state index in [2.05, 4.69) is 20.8 Å². The summed E-state index contributed by atoms with van der Waals surface area (Å²) in [6, 6.07) is 0. The predicted octanol–water partition coefficient (Wildman–Crippen LogP) is 4.64. The van der Waals surface area contributed by atoms with Gasteiger partial charge in [0.05, 0.1) is 0 Å². The van der Waals surface area contributed by atoms with Gasteiger partial charge in [-0.25, -0.2) is 0 Å². The van der Waals surface area contributed by atoms with Crippen LogP contribution >= 0.6 is 0 Å². The smallest absolute Gasteiger partial charge is 0.0363 e. The predicted molar refractivity (Wildman–Crippen MR) is 59.8 cm³/mol. The van der Waals surface area contributed by atoms with Crippen LogP contribution in [0, 0.1) is 17.8 Å². The van der Waals surface area contributed by atoms with Crippen molar-refractivity contribution in [3.63, 3.8) is 0 Å². The van der Waals surface area contributed by atoms with Gasteiger partial charge in [0, 0.05) is 0 Å². The molecule has 78 valence electrons. The molecule has 0 nitrogen and oxygen atoms in total. The Labute approximate surface area is 84.1 Å². The van der Waals surface area contributed by atoms with Gasteiger partial charge in [-0.3, -0.25) is 0 Å². The molecule has 0 bridgehead atoms. The van der Waals surface area contributed by atoms with Crippen LogP contribution in [0.25, 0.3) is 0 Å². The molecule has 0 saturated heterocycles. The topological polar surface area (TPSA) is 0 Å². The molecule has 1 fully saturated rings. The van der Waals surface area contributed by atoms with Gasteiger partial charge in [-0.05, 0) is 24.2 Å². The Morgan fingerprint density at radius 1 is 1.23 bits per heavy atom. The molecule has 1 aliphatic rings. The first-order valence-electron chi connectivity index (χ1n) is 6.25. The third-order valence-electron chi connectivity index (χ3n) is 3.92. The van der Waals surface area contributed by atoms with Crippen molar-refractivity contribution in [2.24, 2.45) is 17.8 Å². The summed E-state index contributed by atoms with van der Waals surface area (Å²) < 4.78 is 0. The first-order valence-corrected chi connectivity index (χ1v) is 6.25. The molecule has 0 amide bonds. The van der Waals surface area contributed by atoms with Gasteiger partial charge in [0.2, 0.25) is 0 Å². The third-order valence-corrected chi connectivity index (χ3v) is 3.92. The standard InChI is InChI=1S/C13H26/c1-4-5-8-11(2)13-10-7-6-9-12(13)3/h11-13H,4-10H2,1-3H3. The molecule has 0 aromatic heterocycles. The van der Waals surface area contributed by atoms with Crippen LogP contribution < -0.4 is 0 Å². The Kier molecular flexibility index (Phi) is 4.83. The summed E-state index contributed by atoms with van der Waals surface area (Å²) >= 11 is 0. The molecule has 0 heterocycles. The Balaban J connectivity index is 2.30. The van der Waals surface area contributed by atoms with E-state index in [0.717, 1.165) is 17.8 Å². The lowest BCUT2D eigenvalue weighted by Gasteiger charge is -2.33. The highest BCUT2D eigenvalue weighted by atomic mass is 14.3. The average Bonchev–Trinajstić information content (AvgIpc) is 2.15. The zero-order valence-electron chi connectivity index (χ0n) is 9.68. The van der Waals surface area contributed by atoms with Crippen molar-refractivity contribution < 1.29 is 0 Å². The molecule has 0 aliphatic heterocycles. The second-order valence-corrected chi connectivity index (χ2v) is 5.05. The van der Waals surface area contributed by atoms with Crippen molar-refractivity contribution in [2.75, 3.05) is 0 Å². The van der Waals surface area contributed by atoms with Crippen molar-refractivity contribution in [3.8, 4) is 0 Å². The van der Waals surface area contributed by atoms with E-state index >= 15 is 0 Å². The van der Waals surface area contributed by atoms with Crippen molar-refractivity contribution in [1.82, 2.24) is 0 Å². The molecule has 0 heteroatoms. The molecule has 0 spiro atoms. The average molecular weight is 182 g/mol. The number of hydrogen-bond acceptors (Lipinski definition) is 0. The van der Waals surface area contributed by atoms with E-state index in [1.165, 1.54) is 44.9 Å². The van der Waals surface area contributed by atoms with Crippen LogP contribution in [0.5, 0.6) is 0 Å². The minimum absolute atomic E-state index is 0.982. The molecule has 13 heavy (non-hydrogen) atoms. The van der Waals surface area contributed by atoms with Crippen LogP contribution in [0.2, 0.25) is 0 Å². The number of hydrogen-bond donors (Lipinski definition) is 0. The summed E-state index contributed by atoms with van der Waals surface area (Å²) in [5.41, 5.74) is 0. The number of rotatable bonds is 4. The van der Waals surface area contributed by atoms with E-state index < -0.39 is 0 Å². The highest BCUT2D eigenvalue weighted by molar-refractivity contribution is 4.76. The fourth-order valence-electron chi connectivity index (χ4n) is 2.93. The van der Waals surface area contributed by atoms with Crippen LogP contribution in [-0.4, -0.2) is 0 Å². The normalized spacial score (nSPS) is 31.6. The molecule has 0 radical (unpaired) electrons. The molecule has 0 aromatic carbocycles. The minimum Gasteiger partial charge on any atom is -0.0654 e. The van der Waals surface area contributed by atoms with Crippen LogP contribution in [0.1, 0.15) is 65.7 Å². The van der Waals surface area contributed by atoms with E-state index in [-0.39, 0.29) is 0 Å². The number of unbranched alkanes of at least 4 members (excludes halogenated alkanes) is 1. The summed E-state index contributed by atoms with van der Waals surface area (Å²) in [6.07, 6.45) is 10.2. The van der Waals surface area contributed by atoms with Gasteiger partial charge in [-0.2, -0.15) is 0 Å². The van der Waals surface area contributed by atoms with Crippen LogP contribution in [0.4, 0.5) is 0 Å². The molecule has 1 saturated carbocycles. The molecule has 3 unspecified atom stereocenters.